The molecule has 1 saturated heterocycles. The molecule has 1 unspecified atom stereocenters. The van der Waals surface area contributed by atoms with Crippen LogP contribution in [0.2, 0.25) is 0 Å². The van der Waals surface area contributed by atoms with Crippen LogP contribution in [0, 0.1) is 0 Å². The Hall–Kier alpha value is -3.36. The first kappa shape index (κ1) is 20.5. The van der Waals surface area contributed by atoms with E-state index in [1.165, 1.54) is 16.7 Å². The van der Waals surface area contributed by atoms with Crippen LogP contribution in [-0.4, -0.2) is 46.5 Å². The van der Waals surface area contributed by atoms with Crippen molar-refractivity contribution in [1.29, 1.82) is 0 Å². The highest BCUT2D eigenvalue weighted by atomic mass is 16.2. The summed E-state index contributed by atoms with van der Waals surface area (Å²) in [4.78, 5) is 53.2. The first-order valence-electron chi connectivity index (χ1n) is 10.8. The fraction of sp³-hybridized carbons (Fsp3) is 0.333. The highest BCUT2D eigenvalue weighted by Crippen LogP contribution is 2.31. The van der Waals surface area contributed by atoms with Gasteiger partial charge in [0, 0.05) is 32.6 Å². The fourth-order valence-corrected chi connectivity index (χ4v) is 4.90. The molecule has 4 amide bonds. The summed E-state index contributed by atoms with van der Waals surface area (Å²) in [6, 6.07) is 10.6. The number of carbonyl (C=O) groups excluding carboxylic acids is 4. The first-order chi connectivity index (χ1) is 15.4. The van der Waals surface area contributed by atoms with Crippen LogP contribution in [0.25, 0.3) is 0 Å². The van der Waals surface area contributed by atoms with Crippen LogP contribution in [0.5, 0.6) is 0 Å². The quantitative estimate of drug-likeness (QED) is 0.692. The van der Waals surface area contributed by atoms with Gasteiger partial charge in [-0.15, -0.1) is 0 Å². The molecule has 1 fully saturated rings. The van der Waals surface area contributed by atoms with Crippen LogP contribution in [0.1, 0.15) is 55.8 Å². The molecule has 0 saturated carbocycles. The molecule has 3 heterocycles. The van der Waals surface area contributed by atoms with E-state index in [2.05, 4.69) is 33.7 Å². The Kier molecular flexibility index (Phi) is 5.11. The Balaban J connectivity index is 1.38. The number of benzene rings is 2. The highest BCUT2D eigenvalue weighted by molar-refractivity contribution is 6.24. The minimum atomic E-state index is -0.954. The molecule has 2 aromatic rings. The number of carbonyl (C=O) groups is 4. The number of piperidine rings is 1. The third-order valence-corrected chi connectivity index (χ3v) is 6.42. The van der Waals surface area contributed by atoms with Gasteiger partial charge in [-0.3, -0.25) is 34.3 Å². The van der Waals surface area contributed by atoms with Gasteiger partial charge in [0.15, 0.2) is 0 Å². The number of hydrogen-bond donors (Lipinski definition) is 2. The van der Waals surface area contributed by atoms with Crippen molar-refractivity contribution < 1.29 is 19.2 Å². The van der Waals surface area contributed by atoms with Crippen molar-refractivity contribution in [3.63, 3.8) is 0 Å². The minimum Gasteiger partial charge on any atom is -0.309 e. The van der Waals surface area contributed by atoms with Gasteiger partial charge in [0.2, 0.25) is 11.8 Å². The van der Waals surface area contributed by atoms with Crippen LogP contribution >= 0.6 is 0 Å². The molecule has 32 heavy (non-hydrogen) atoms. The molecule has 164 valence electrons. The molecular formula is C24H24N4O4. The summed E-state index contributed by atoms with van der Waals surface area (Å²) in [6.07, 6.45) is 0.258. The Labute approximate surface area is 185 Å². The molecular weight excluding hydrogens is 408 g/mol. The highest BCUT2D eigenvalue weighted by Gasteiger charge is 2.45. The van der Waals surface area contributed by atoms with Crippen LogP contribution in [0.15, 0.2) is 36.4 Å². The molecule has 0 spiro atoms. The number of fused-ring (bicyclic) bond motifs is 2. The average Bonchev–Trinajstić information content (AvgIpc) is 3.33. The number of nitrogens with zero attached hydrogens (tertiary/aromatic N) is 2. The van der Waals surface area contributed by atoms with Crippen molar-refractivity contribution in [3.05, 3.63) is 69.8 Å². The summed E-state index contributed by atoms with van der Waals surface area (Å²) < 4.78 is 0. The SMILES string of the molecule is CN(Cc1cccc2c1CNC2)Cc1cccc2c1C(=O)N(C1CCC(=O)NC1=O)C2=O. The number of rotatable bonds is 5. The van der Waals surface area contributed by atoms with E-state index in [9.17, 15) is 19.2 Å². The van der Waals surface area contributed by atoms with E-state index in [1.807, 2.05) is 13.1 Å². The van der Waals surface area contributed by atoms with Gasteiger partial charge in [-0.2, -0.15) is 0 Å². The Morgan fingerprint density at radius 2 is 1.72 bits per heavy atom. The normalized spacial score (nSPS) is 20.1. The van der Waals surface area contributed by atoms with Gasteiger partial charge in [0.05, 0.1) is 11.1 Å². The summed E-state index contributed by atoms with van der Waals surface area (Å²) in [7, 11) is 1.99. The smallest absolute Gasteiger partial charge is 0.262 e. The van der Waals surface area contributed by atoms with Gasteiger partial charge in [-0.25, -0.2) is 0 Å². The summed E-state index contributed by atoms with van der Waals surface area (Å²) in [5, 5.41) is 5.61. The lowest BCUT2D eigenvalue weighted by Gasteiger charge is -2.28. The summed E-state index contributed by atoms with van der Waals surface area (Å²) in [6.45, 7) is 2.94. The van der Waals surface area contributed by atoms with Gasteiger partial charge in [-0.1, -0.05) is 30.3 Å². The third-order valence-electron chi connectivity index (χ3n) is 6.42. The zero-order valence-electron chi connectivity index (χ0n) is 17.8. The largest absolute Gasteiger partial charge is 0.309 e. The van der Waals surface area contributed by atoms with Crippen molar-refractivity contribution in [3.8, 4) is 0 Å². The van der Waals surface area contributed by atoms with Gasteiger partial charge >= 0.3 is 0 Å². The lowest BCUT2D eigenvalue weighted by atomic mass is 10.0. The predicted octanol–water partition coefficient (Wildman–Crippen LogP) is 1.32. The molecule has 2 aromatic carbocycles. The topological polar surface area (TPSA) is 98.8 Å². The van der Waals surface area contributed by atoms with Crippen molar-refractivity contribution >= 4 is 23.6 Å². The maximum atomic E-state index is 13.3. The monoisotopic (exact) mass is 432 g/mol. The molecule has 2 N–H and O–H groups in total. The minimum absolute atomic E-state index is 0.107. The molecule has 3 aliphatic heterocycles. The van der Waals surface area contributed by atoms with E-state index in [0.717, 1.165) is 23.6 Å². The van der Waals surface area contributed by atoms with E-state index in [4.69, 9.17) is 0 Å². The molecule has 0 aromatic heterocycles. The molecule has 0 radical (unpaired) electrons. The van der Waals surface area contributed by atoms with Crippen LogP contribution in [-0.2, 0) is 35.8 Å². The molecule has 8 heteroatoms. The lowest BCUT2D eigenvalue weighted by molar-refractivity contribution is -0.136. The van der Waals surface area contributed by atoms with Crippen LogP contribution in [0.3, 0.4) is 0 Å². The van der Waals surface area contributed by atoms with E-state index in [0.29, 0.717) is 24.2 Å². The van der Waals surface area contributed by atoms with Gasteiger partial charge in [0.1, 0.15) is 6.04 Å². The van der Waals surface area contributed by atoms with Crippen LogP contribution < -0.4 is 10.6 Å². The van der Waals surface area contributed by atoms with E-state index in [-0.39, 0.29) is 18.7 Å². The van der Waals surface area contributed by atoms with E-state index >= 15 is 0 Å². The predicted molar refractivity (Wildman–Crippen MR) is 115 cm³/mol. The van der Waals surface area contributed by atoms with Gasteiger partial charge in [0.25, 0.3) is 11.8 Å². The Bertz CT molecular complexity index is 1160. The maximum absolute atomic E-state index is 13.3. The van der Waals surface area contributed by atoms with Crippen LogP contribution in [0.4, 0.5) is 0 Å². The zero-order valence-corrected chi connectivity index (χ0v) is 17.8. The van der Waals surface area contributed by atoms with Gasteiger partial charge in [-0.05, 0) is 41.8 Å². The standard InChI is InChI=1S/C24H24N4O4/c1-27(12-15-5-2-4-14-10-25-11-18(14)15)13-16-6-3-7-17-21(16)24(32)28(23(17)31)19-8-9-20(29)26-22(19)30/h2-7,19,25H,8-13H2,1H3,(H,26,29,30). The second-order valence-electron chi connectivity index (χ2n) is 8.62. The number of imide groups is 2. The number of amides is 4. The molecule has 1 atom stereocenters. The van der Waals surface area contributed by atoms with Crippen molar-refractivity contribution in [2.75, 3.05) is 7.05 Å². The molecule has 3 aliphatic rings. The number of nitrogens with one attached hydrogen (secondary N) is 2. The fourth-order valence-electron chi connectivity index (χ4n) is 4.90. The second-order valence-corrected chi connectivity index (χ2v) is 8.62. The summed E-state index contributed by atoms with van der Waals surface area (Å²) in [5.41, 5.74) is 5.31. The van der Waals surface area contributed by atoms with Gasteiger partial charge < -0.3 is 5.32 Å². The maximum Gasteiger partial charge on any atom is 0.262 e. The number of hydrogen-bond acceptors (Lipinski definition) is 6. The van der Waals surface area contributed by atoms with Crippen molar-refractivity contribution in [1.82, 2.24) is 20.4 Å². The lowest BCUT2D eigenvalue weighted by Crippen LogP contribution is -2.54. The van der Waals surface area contributed by atoms with Crippen molar-refractivity contribution in [2.24, 2.45) is 0 Å². The molecule has 8 nitrogen and oxygen atoms in total. The average molecular weight is 432 g/mol. The first-order valence-corrected chi connectivity index (χ1v) is 10.8. The van der Waals surface area contributed by atoms with Crippen molar-refractivity contribution in [2.45, 2.75) is 45.1 Å². The third kappa shape index (κ3) is 3.41. The molecule has 0 bridgehead atoms. The van der Waals surface area contributed by atoms with E-state index < -0.39 is 23.8 Å². The Morgan fingerprint density at radius 1 is 0.969 bits per heavy atom. The Morgan fingerprint density at radius 3 is 2.53 bits per heavy atom. The van der Waals surface area contributed by atoms with E-state index in [1.54, 1.807) is 12.1 Å². The molecule has 0 aliphatic carbocycles. The summed E-state index contributed by atoms with van der Waals surface area (Å²) >= 11 is 0. The second kappa shape index (κ2) is 7.96. The zero-order chi connectivity index (χ0) is 22.4. The molecule has 5 rings (SSSR count). The summed E-state index contributed by atoms with van der Waals surface area (Å²) in [5.74, 6) is -1.92.